The first kappa shape index (κ1) is 22.2. The SMILES string of the molecule is CC(C)[C@H]1C(=O)Nc2ccccc2N1C(=O)N[C@@H](C(=O)N[C@@H](C)C(=O)O)C(C)C. The maximum Gasteiger partial charge on any atom is 0.325 e. The second kappa shape index (κ2) is 8.93. The smallest absolute Gasteiger partial charge is 0.325 e. The molecule has 9 heteroatoms. The summed E-state index contributed by atoms with van der Waals surface area (Å²) in [4.78, 5) is 50.8. The Morgan fingerprint density at radius 3 is 2.24 bits per heavy atom. The molecule has 0 saturated heterocycles. The molecule has 0 spiro atoms. The van der Waals surface area contributed by atoms with Crippen LogP contribution in [0.5, 0.6) is 0 Å². The number of nitrogens with one attached hydrogen (secondary N) is 3. The van der Waals surface area contributed by atoms with Gasteiger partial charge in [-0.3, -0.25) is 19.3 Å². The van der Waals surface area contributed by atoms with Gasteiger partial charge in [0.2, 0.25) is 11.8 Å². The van der Waals surface area contributed by atoms with Gasteiger partial charge < -0.3 is 21.1 Å². The average molecular weight is 404 g/mol. The summed E-state index contributed by atoms with van der Waals surface area (Å²) in [5.74, 6) is -2.55. The summed E-state index contributed by atoms with van der Waals surface area (Å²) in [6.07, 6.45) is 0. The standard InChI is InChI=1S/C20H28N4O5/c1-10(2)15(17(25)21-12(5)19(27)28)23-20(29)24-14-9-7-6-8-13(14)22-18(26)16(24)11(3)4/h6-12,15-16H,1-5H3,(H,21,25)(H,22,26)(H,23,29)(H,27,28)/t12-,15+,16-/m0/s1. The molecule has 1 heterocycles. The van der Waals surface area contributed by atoms with Gasteiger partial charge in [-0.25, -0.2) is 4.79 Å². The molecule has 29 heavy (non-hydrogen) atoms. The van der Waals surface area contributed by atoms with Crippen LogP contribution in [0.1, 0.15) is 34.6 Å². The molecule has 2 rings (SSSR count). The number of carbonyl (C=O) groups excluding carboxylic acids is 3. The van der Waals surface area contributed by atoms with Gasteiger partial charge >= 0.3 is 12.0 Å². The van der Waals surface area contributed by atoms with E-state index in [1.165, 1.54) is 11.8 Å². The van der Waals surface area contributed by atoms with Gasteiger partial charge in [0.1, 0.15) is 18.1 Å². The quantitative estimate of drug-likeness (QED) is 0.575. The maximum atomic E-state index is 13.2. The Morgan fingerprint density at radius 1 is 1.07 bits per heavy atom. The van der Waals surface area contributed by atoms with E-state index >= 15 is 0 Å². The fourth-order valence-electron chi connectivity index (χ4n) is 3.20. The summed E-state index contributed by atoms with van der Waals surface area (Å²) in [5, 5.41) is 16.9. The third-order valence-corrected chi connectivity index (χ3v) is 4.78. The number of hydrogen-bond donors (Lipinski definition) is 4. The lowest BCUT2D eigenvalue weighted by molar-refractivity contribution is -0.141. The van der Waals surface area contributed by atoms with Crippen LogP contribution in [0.15, 0.2) is 24.3 Å². The molecule has 1 aliphatic rings. The molecule has 0 radical (unpaired) electrons. The highest BCUT2D eigenvalue weighted by molar-refractivity contribution is 6.12. The first-order chi connectivity index (χ1) is 13.5. The summed E-state index contributed by atoms with van der Waals surface area (Å²) in [6, 6.07) is 3.53. The highest BCUT2D eigenvalue weighted by atomic mass is 16.4. The largest absolute Gasteiger partial charge is 0.480 e. The lowest BCUT2D eigenvalue weighted by Crippen LogP contribution is -2.61. The van der Waals surface area contributed by atoms with E-state index in [4.69, 9.17) is 5.11 Å². The van der Waals surface area contributed by atoms with Crippen molar-refractivity contribution in [3.63, 3.8) is 0 Å². The van der Waals surface area contributed by atoms with Crippen LogP contribution in [0.25, 0.3) is 0 Å². The maximum absolute atomic E-state index is 13.2. The zero-order chi connectivity index (χ0) is 21.9. The van der Waals surface area contributed by atoms with Crippen molar-refractivity contribution >= 4 is 35.2 Å². The molecule has 1 aromatic carbocycles. The van der Waals surface area contributed by atoms with Gasteiger partial charge in [-0.2, -0.15) is 0 Å². The van der Waals surface area contributed by atoms with Crippen molar-refractivity contribution in [1.29, 1.82) is 0 Å². The summed E-state index contributed by atoms with van der Waals surface area (Å²) in [7, 11) is 0. The Bertz CT molecular complexity index is 808. The van der Waals surface area contributed by atoms with E-state index in [9.17, 15) is 19.2 Å². The number of nitrogens with zero attached hydrogens (tertiary/aromatic N) is 1. The highest BCUT2D eigenvalue weighted by Crippen LogP contribution is 2.34. The predicted molar refractivity (Wildman–Crippen MR) is 109 cm³/mol. The fourth-order valence-corrected chi connectivity index (χ4v) is 3.20. The number of amides is 4. The minimum Gasteiger partial charge on any atom is -0.480 e. The van der Waals surface area contributed by atoms with Crippen molar-refractivity contribution in [2.45, 2.75) is 52.7 Å². The normalized spacial score (nSPS) is 18.0. The van der Waals surface area contributed by atoms with Crippen molar-refractivity contribution in [1.82, 2.24) is 10.6 Å². The number of benzene rings is 1. The van der Waals surface area contributed by atoms with Crippen LogP contribution in [0.4, 0.5) is 16.2 Å². The van der Waals surface area contributed by atoms with Crippen molar-refractivity contribution in [2.24, 2.45) is 11.8 Å². The summed E-state index contributed by atoms with van der Waals surface area (Å²) >= 11 is 0. The molecule has 0 fully saturated rings. The number of anilines is 2. The molecule has 158 valence electrons. The van der Waals surface area contributed by atoms with Crippen molar-refractivity contribution in [2.75, 3.05) is 10.2 Å². The number of hydrogen-bond acceptors (Lipinski definition) is 4. The van der Waals surface area contributed by atoms with Crippen molar-refractivity contribution < 1.29 is 24.3 Å². The van der Waals surface area contributed by atoms with Crippen LogP contribution in [-0.2, 0) is 14.4 Å². The third-order valence-electron chi connectivity index (χ3n) is 4.78. The van der Waals surface area contributed by atoms with Crippen LogP contribution in [0.3, 0.4) is 0 Å². The molecule has 1 aromatic rings. The Morgan fingerprint density at radius 2 is 1.69 bits per heavy atom. The van der Waals surface area contributed by atoms with E-state index in [0.29, 0.717) is 11.4 Å². The van der Waals surface area contributed by atoms with Crippen LogP contribution < -0.4 is 20.9 Å². The van der Waals surface area contributed by atoms with Gasteiger partial charge in [-0.05, 0) is 30.9 Å². The number of rotatable bonds is 6. The monoisotopic (exact) mass is 404 g/mol. The second-order valence-electron chi connectivity index (χ2n) is 7.80. The highest BCUT2D eigenvalue weighted by Gasteiger charge is 2.40. The first-order valence-electron chi connectivity index (χ1n) is 9.57. The van der Waals surface area contributed by atoms with Crippen molar-refractivity contribution in [3.8, 4) is 0 Å². The van der Waals surface area contributed by atoms with Crippen molar-refractivity contribution in [3.05, 3.63) is 24.3 Å². The third kappa shape index (κ3) is 4.85. The Kier molecular flexibility index (Phi) is 6.84. The number of urea groups is 1. The molecule has 0 bridgehead atoms. The summed E-state index contributed by atoms with van der Waals surface area (Å²) < 4.78 is 0. The van der Waals surface area contributed by atoms with E-state index in [2.05, 4.69) is 16.0 Å². The molecular weight excluding hydrogens is 376 g/mol. The van der Waals surface area contributed by atoms with E-state index < -0.39 is 36.0 Å². The molecule has 0 unspecified atom stereocenters. The number of carboxylic acid groups (broad SMARTS) is 1. The zero-order valence-electron chi connectivity index (χ0n) is 17.2. The van der Waals surface area contributed by atoms with E-state index in [0.717, 1.165) is 0 Å². The second-order valence-corrected chi connectivity index (χ2v) is 7.80. The first-order valence-corrected chi connectivity index (χ1v) is 9.57. The lowest BCUT2D eigenvalue weighted by atomic mass is 9.97. The Hall–Kier alpha value is -3.10. The van der Waals surface area contributed by atoms with Gasteiger partial charge in [0.05, 0.1) is 11.4 Å². The van der Waals surface area contributed by atoms with Gasteiger partial charge in [0.25, 0.3) is 0 Å². The topological polar surface area (TPSA) is 128 Å². The molecule has 4 amide bonds. The molecular formula is C20H28N4O5. The Balaban J connectivity index is 2.32. The van der Waals surface area contributed by atoms with Crippen LogP contribution in [0.2, 0.25) is 0 Å². The van der Waals surface area contributed by atoms with Gasteiger partial charge in [0, 0.05) is 0 Å². The number of para-hydroxylation sites is 2. The zero-order valence-corrected chi connectivity index (χ0v) is 17.2. The minimum atomic E-state index is -1.17. The Labute approximate surface area is 169 Å². The molecule has 1 aliphatic heterocycles. The summed E-state index contributed by atoms with van der Waals surface area (Å²) in [5.41, 5.74) is 1.04. The summed E-state index contributed by atoms with van der Waals surface area (Å²) in [6.45, 7) is 8.50. The van der Waals surface area contributed by atoms with E-state index in [1.807, 2.05) is 13.8 Å². The van der Waals surface area contributed by atoms with E-state index in [1.54, 1.807) is 38.1 Å². The number of aliphatic carboxylic acids is 1. The van der Waals surface area contributed by atoms with Gasteiger partial charge in [-0.1, -0.05) is 39.8 Å². The van der Waals surface area contributed by atoms with Gasteiger partial charge in [0.15, 0.2) is 0 Å². The molecule has 0 saturated carbocycles. The minimum absolute atomic E-state index is 0.174. The number of carbonyl (C=O) groups is 4. The molecule has 0 aromatic heterocycles. The lowest BCUT2D eigenvalue weighted by Gasteiger charge is -2.39. The molecule has 3 atom stereocenters. The molecule has 9 nitrogen and oxygen atoms in total. The van der Waals surface area contributed by atoms with Gasteiger partial charge in [-0.15, -0.1) is 0 Å². The number of fused-ring (bicyclic) bond motifs is 1. The van der Waals surface area contributed by atoms with Crippen LogP contribution in [0, 0.1) is 11.8 Å². The van der Waals surface area contributed by atoms with Crippen LogP contribution >= 0.6 is 0 Å². The number of carboxylic acids is 1. The van der Waals surface area contributed by atoms with Crippen LogP contribution in [-0.4, -0.2) is 47.0 Å². The average Bonchev–Trinajstić information content (AvgIpc) is 2.63. The van der Waals surface area contributed by atoms with E-state index in [-0.39, 0.29) is 17.7 Å². The predicted octanol–water partition coefficient (Wildman–Crippen LogP) is 1.79. The molecule has 4 N–H and O–H groups in total. The fraction of sp³-hybridized carbons (Fsp3) is 0.500. The molecule has 0 aliphatic carbocycles.